The number of ether oxygens (including phenoxy) is 2. The molecule has 4 heterocycles. The van der Waals surface area contributed by atoms with Crippen molar-refractivity contribution in [3.05, 3.63) is 42.7 Å². The van der Waals surface area contributed by atoms with Crippen LogP contribution in [0.3, 0.4) is 0 Å². The molecule has 9 nitrogen and oxygen atoms in total. The Morgan fingerprint density at radius 3 is 2.74 bits per heavy atom. The van der Waals surface area contributed by atoms with Crippen LogP contribution in [0.15, 0.2) is 42.7 Å². The van der Waals surface area contributed by atoms with Crippen molar-refractivity contribution in [2.45, 2.75) is 31.5 Å². The van der Waals surface area contributed by atoms with Crippen molar-refractivity contribution in [1.29, 1.82) is 0 Å². The Bertz CT molecular complexity index is 1110. The number of nitrogens with one attached hydrogen (secondary N) is 2. The van der Waals surface area contributed by atoms with E-state index in [9.17, 15) is 0 Å². The summed E-state index contributed by atoms with van der Waals surface area (Å²) in [6, 6.07) is 10.5. The van der Waals surface area contributed by atoms with Gasteiger partial charge in [-0.3, -0.25) is 4.98 Å². The van der Waals surface area contributed by atoms with Crippen molar-refractivity contribution in [2.24, 2.45) is 0 Å². The standard InChI is InChI=1S/C26H34N6O3/c1-26(17-27-10-14-35-26)18-30-25-24-23(28-8-9-29-24)16-22(31-25)19-2-4-20(5-3-19)32-11-6-21(7-12-32)34-15-13-33/h2-5,8-9,16,21,27,33H,6-7,10-15,17-18H2,1H3,(H,30,31)/t26-/m1/s1. The average molecular weight is 479 g/mol. The van der Waals surface area contributed by atoms with Gasteiger partial charge in [-0.05, 0) is 38.0 Å². The first-order valence-corrected chi connectivity index (χ1v) is 12.4. The summed E-state index contributed by atoms with van der Waals surface area (Å²) < 4.78 is 11.7. The number of aliphatic hydroxyl groups is 1. The maximum absolute atomic E-state index is 8.96. The summed E-state index contributed by atoms with van der Waals surface area (Å²) in [5, 5.41) is 15.8. The summed E-state index contributed by atoms with van der Waals surface area (Å²) in [6.45, 7) is 7.49. The summed E-state index contributed by atoms with van der Waals surface area (Å²) in [5.74, 6) is 0.718. The molecule has 0 radical (unpaired) electrons. The number of piperidine rings is 1. The number of aliphatic hydroxyl groups excluding tert-OH is 1. The Morgan fingerprint density at radius 2 is 2.00 bits per heavy atom. The third-order valence-corrected chi connectivity index (χ3v) is 6.73. The molecule has 0 bridgehead atoms. The number of morpholine rings is 1. The number of hydrogen-bond donors (Lipinski definition) is 3. The second-order valence-electron chi connectivity index (χ2n) is 9.44. The van der Waals surface area contributed by atoms with Gasteiger partial charge in [-0.2, -0.15) is 0 Å². The van der Waals surface area contributed by atoms with Gasteiger partial charge in [0.25, 0.3) is 0 Å². The molecule has 2 aliphatic rings. The second-order valence-corrected chi connectivity index (χ2v) is 9.44. The van der Waals surface area contributed by atoms with Crippen LogP contribution < -0.4 is 15.5 Å². The van der Waals surface area contributed by atoms with Gasteiger partial charge >= 0.3 is 0 Å². The highest BCUT2D eigenvalue weighted by atomic mass is 16.5. The van der Waals surface area contributed by atoms with Crippen molar-refractivity contribution in [3.63, 3.8) is 0 Å². The molecule has 35 heavy (non-hydrogen) atoms. The first kappa shape index (κ1) is 23.9. The third kappa shape index (κ3) is 5.70. The van der Waals surface area contributed by atoms with Crippen LogP contribution in [0.2, 0.25) is 0 Å². The molecule has 0 unspecified atom stereocenters. The van der Waals surface area contributed by atoms with Gasteiger partial charge in [-0.1, -0.05) is 12.1 Å². The molecular weight excluding hydrogens is 444 g/mol. The summed E-state index contributed by atoms with van der Waals surface area (Å²) in [5.41, 5.74) is 4.35. The van der Waals surface area contributed by atoms with E-state index in [0.29, 0.717) is 19.8 Å². The van der Waals surface area contributed by atoms with Crippen LogP contribution in [0.1, 0.15) is 19.8 Å². The van der Waals surface area contributed by atoms with Gasteiger partial charge in [0, 0.05) is 56.4 Å². The molecule has 0 aliphatic carbocycles. The Hall–Kier alpha value is -2.85. The quantitative estimate of drug-likeness (QED) is 0.450. The molecule has 0 spiro atoms. The van der Waals surface area contributed by atoms with E-state index in [0.717, 1.165) is 67.1 Å². The number of hydrogen-bond acceptors (Lipinski definition) is 9. The Balaban J connectivity index is 1.32. The number of benzene rings is 1. The minimum Gasteiger partial charge on any atom is -0.394 e. The fourth-order valence-corrected chi connectivity index (χ4v) is 4.74. The highest BCUT2D eigenvalue weighted by Crippen LogP contribution is 2.29. The Labute approximate surface area is 205 Å². The molecule has 0 amide bonds. The number of nitrogens with zero attached hydrogens (tertiary/aromatic N) is 4. The minimum absolute atomic E-state index is 0.0810. The predicted molar refractivity (Wildman–Crippen MR) is 137 cm³/mol. The number of aromatic nitrogens is 3. The largest absolute Gasteiger partial charge is 0.394 e. The van der Waals surface area contributed by atoms with E-state index in [-0.39, 0.29) is 18.3 Å². The molecule has 1 atom stereocenters. The lowest BCUT2D eigenvalue weighted by Crippen LogP contribution is -2.51. The number of anilines is 2. The molecule has 2 fully saturated rings. The lowest BCUT2D eigenvalue weighted by molar-refractivity contribution is -0.0425. The fourth-order valence-electron chi connectivity index (χ4n) is 4.74. The minimum atomic E-state index is -0.303. The smallest absolute Gasteiger partial charge is 0.155 e. The first-order valence-electron chi connectivity index (χ1n) is 12.4. The van der Waals surface area contributed by atoms with Crippen molar-refractivity contribution < 1.29 is 14.6 Å². The maximum Gasteiger partial charge on any atom is 0.155 e. The van der Waals surface area contributed by atoms with E-state index < -0.39 is 0 Å². The molecule has 9 heteroatoms. The first-order chi connectivity index (χ1) is 17.1. The van der Waals surface area contributed by atoms with Crippen LogP contribution in [-0.2, 0) is 9.47 Å². The summed E-state index contributed by atoms with van der Waals surface area (Å²) in [6.07, 6.45) is 5.59. The molecule has 2 aromatic heterocycles. The highest BCUT2D eigenvalue weighted by molar-refractivity contribution is 5.88. The van der Waals surface area contributed by atoms with Crippen LogP contribution >= 0.6 is 0 Å². The van der Waals surface area contributed by atoms with E-state index in [1.165, 1.54) is 5.69 Å². The summed E-state index contributed by atoms with van der Waals surface area (Å²) in [4.78, 5) is 16.4. The summed E-state index contributed by atoms with van der Waals surface area (Å²) in [7, 11) is 0. The Morgan fingerprint density at radius 1 is 1.20 bits per heavy atom. The maximum atomic E-state index is 8.96. The van der Waals surface area contributed by atoms with Crippen LogP contribution in [0.25, 0.3) is 22.3 Å². The molecule has 3 N–H and O–H groups in total. The Kier molecular flexibility index (Phi) is 7.38. The average Bonchev–Trinajstić information content (AvgIpc) is 2.91. The molecule has 5 rings (SSSR count). The van der Waals surface area contributed by atoms with Gasteiger partial charge in [0.15, 0.2) is 5.82 Å². The lowest BCUT2D eigenvalue weighted by atomic mass is 10.0. The van der Waals surface area contributed by atoms with Gasteiger partial charge in [0.2, 0.25) is 0 Å². The zero-order valence-electron chi connectivity index (χ0n) is 20.2. The van der Waals surface area contributed by atoms with Gasteiger partial charge in [-0.15, -0.1) is 0 Å². The molecule has 2 aliphatic heterocycles. The van der Waals surface area contributed by atoms with Crippen molar-refractivity contribution in [2.75, 3.05) is 62.8 Å². The highest BCUT2D eigenvalue weighted by Gasteiger charge is 2.28. The zero-order valence-corrected chi connectivity index (χ0v) is 20.2. The van der Waals surface area contributed by atoms with E-state index in [1.807, 2.05) is 6.07 Å². The van der Waals surface area contributed by atoms with Crippen molar-refractivity contribution in [3.8, 4) is 11.3 Å². The predicted octanol–water partition coefficient (Wildman–Crippen LogP) is 2.46. The second kappa shape index (κ2) is 10.8. The van der Waals surface area contributed by atoms with Crippen LogP contribution in [-0.4, -0.2) is 84.3 Å². The normalized spacial score (nSPS) is 21.4. The summed E-state index contributed by atoms with van der Waals surface area (Å²) >= 11 is 0. The van der Waals surface area contributed by atoms with Crippen LogP contribution in [0, 0.1) is 0 Å². The van der Waals surface area contributed by atoms with E-state index >= 15 is 0 Å². The molecular formula is C26H34N6O3. The number of fused-ring (bicyclic) bond motifs is 1. The molecule has 186 valence electrons. The van der Waals surface area contributed by atoms with Crippen molar-refractivity contribution in [1.82, 2.24) is 20.3 Å². The van der Waals surface area contributed by atoms with E-state index in [4.69, 9.17) is 19.6 Å². The van der Waals surface area contributed by atoms with Crippen LogP contribution in [0.4, 0.5) is 11.5 Å². The fraction of sp³-hybridized carbons (Fsp3) is 0.500. The van der Waals surface area contributed by atoms with Crippen LogP contribution in [0.5, 0.6) is 0 Å². The topological polar surface area (TPSA) is 105 Å². The lowest BCUT2D eigenvalue weighted by Gasteiger charge is -2.34. The number of rotatable bonds is 8. The van der Waals surface area contributed by atoms with Crippen molar-refractivity contribution >= 4 is 22.5 Å². The van der Waals surface area contributed by atoms with Gasteiger partial charge in [-0.25, -0.2) is 9.97 Å². The van der Waals surface area contributed by atoms with E-state index in [1.54, 1.807) is 12.4 Å². The zero-order chi connectivity index (χ0) is 24.1. The van der Waals surface area contributed by atoms with Gasteiger partial charge < -0.3 is 30.1 Å². The monoisotopic (exact) mass is 478 g/mol. The molecule has 1 aromatic carbocycles. The molecule has 2 saturated heterocycles. The number of pyridine rings is 1. The molecule has 0 saturated carbocycles. The van der Waals surface area contributed by atoms with E-state index in [2.05, 4.69) is 56.7 Å². The SMILES string of the molecule is C[C@]1(CNc2nc(-c3ccc(N4CCC(OCCO)CC4)cc3)cc3nccnc23)CNCCO1. The van der Waals surface area contributed by atoms with Gasteiger partial charge in [0.1, 0.15) is 5.52 Å². The third-order valence-electron chi connectivity index (χ3n) is 6.73. The van der Waals surface area contributed by atoms with Gasteiger partial charge in [0.05, 0.1) is 42.7 Å². The molecule has 3 aromatic rings.